The molecule has 0 radical (unpaired) electrons. The molecule has 0 saturated carbocycles. The van der Waals surface area contributed by atoms with E-state index < -0.39 is 0 Å². The maximum atomic E-state index is 9.39. The van der Waals surface area contributed by atoms with E-state index in [-0.39, 0.29) is 6.61 Å². The summed E-state index contributed by atoms with van der Waals surface area (Å²) in [4.78, 5) is 2.37. The number of aliphatic hydroxyl groups excluding tert-OH is 1. The first-order valence-corrected chi connectivity index (χ1v) is 7.98. The number of nitrogens with one attached hydrogen (secondary N) is 1. The molecule has 1 atom stereocenters. The lowest BCUT2D eigenvalue weighted by atomic mass is 9.97. The van der Waals surface area contributed by atoms with Gasteiger partial charge in [-0.15, -0.1) is 0 Å². The molecular formula is C16H25ClN2O. The van der Waals surface area contributed by atoms with Gasteiger partial charge in [-0.2, -0.15) is 0 Å². The van der Waals surface area contributed by atoms with Crippen LogP contribution in [0, 0.1) is 5.92 Å². The van der Waals surface area contributed by atoms with Crippen LogP contribution in [0.1, 0.15) is 31.7 Å². The second kappa shape index (κ2) is 7.87. The fraction of sp³-hybridized carbons (Fsp3) is 0.625. The SMILES string of the molecule is CCCNCc1c(Cl)cccc1N1CCCC(CO)C1. The van der Waals surface area contributed by atoms with Crippen molar-refractivity contribution >= 4 is 17.3 Å². The summed E-state index contributed by atoms with van der Waals surface area (Å²) in [7, 11) is 0. The maximum absolute atomic E-state index is 9.39. The zero-order chi connectivity index (χ0) is 14.4. The van der Waals surface area contributed by atoms with Crippen molar-refractivity contribution < 1.29 is 5.11 Å². The first-order valence-electron chi connectivity index (χ1n) is 7.60. The molecule has 2 rings (SSSR count). The van der Waals surface area contributed by atoms with E-state index in [0.29, 0.717) is 5.92 Å². The van der Waals surface area contributed by atoms with Gasteiger partial charge >= 0.3 is 0 Å². The van der Waals surface area contributed by atoms with Crippen LogP contribution in [0.25, 0.3) is 0 Å². The van der Waals surface area contributed by atoms with Gasteiger partial charge < -0.3 is 15.3 Å². The van der Waals surface area contributed by atoms with Crippen LogP contribution in [0.4, 0.5) is 5.69 Å². The first-order chi connectivity index (χ1) is 9.76. The fourth-order valence-electron chi connectivity index (χ4n) is 2.84. The van der Waals surface area contributed by atoms with Gasteiger partial charge in [-0.3, -0.25) is 0 Å². The monoisotopic (exact) mass is 296 g/mol. The number of nitrogens with zero attached hydrogens (tertiary/aromatic N) is 1. The molecule has 1 unspecified atom stereocenters. The molecule has 1 fully saturated rings. The number of benzene rings is 1. The largest absolute Gasteiger partial charge is 0.396 e. The molecule has 2 N–H and O–H groups in total. The Bertz CT molecular complexity index is 425. The Hall–Kier alpha value is -0.770. The van der Waals surface area contributed by atoms with Crippen LogP contribution >= 0.6 is 11.6 Å². The quantitative estimate of drug-likeness (QED) is 0.792. The first kappa shape index (κ1) is 15.6. The Kier molecular flexibility index (Phi) is 6.14. The maximum Gasteiger partial charge on any atom is 0.0476 e. The Balaban J connectivity index is 2.15. The third kappa shape index (κ3) is 3.87. The average Bonchev–Trinajstić information content (AvgIpc) is 2.49. The summed E-state index contributed by atoms with van der Waals surface area (Å²) in [5.41, 5.74) is 2.40. The number of aliphatic hydroxyl groups is 1. The van der Waals surface area contributed by atoms with Crippen LogP contribution in [0.3, 0.4) is 0 Å². The fourth-order valence-corrected chi connectivity index (χ4v) is 3.08. The average molecular weight is 297 g/mol. The van der Waals surface area contributed by atoms with Gasteiger partial charge in [0.05, 0.1) is 0 Å². The summed E-state index contributed by atoms with van der Waals surface area (Å²) in [5, 5.41) is 13.7. The Morgan fingerprint density at radius 1 is 1.45 bits per heavy atom. The molecule has 0 amide bonds. The van der Waals surface area contributed by atoms with E-state index in [1.807, 2.05) is 12.1 Å². The van der Waals surface area contributed by atoms with E-state index in [0.717, 1.165) is 50.5 Å². The number of rotatable bonds is 6. The number of hydrogen-bond acceptors (Lipinski definition) is 3. The van der Waals surface area contributed by atoms with Crippen molar-refractivity contribution in [3.8, 4) is 0 Å². The minimum absolute atomic E-state index is 0.278. The van der Waals surface area contributed by atoms with Crippen molar-refractivity contribution in [2.75, 3.05) is 31.1 Å². The standard InChI is InChI=1S/C16H25ClN2O/c1-2-8-18-10-14-15(17)6-3-7-16(14)19-9-4-5-13(11-19)12-20/h3,6-7,13,18,20H,2,4-5,8-12H2,1H3. The normalized spacial score (nSPS) is 19.4. The minimum atomic E-state index is 0.278. The van der Waals surface area contributed by atoms with Crippen molar-refractivity contribution in [1.29, 1.82) is 0 Å². The molecule has 3 nitrogen and oxygen atoms in total. The Labute approximate surface area is 126 Å². The Morgan fingerprint density at radius 3 is 3.05 bits per heavy atom. The highest BCUT2D eigenvalue weighted by atomic mass is 35.5. The number of hydrogen-bond donors (Lipinski definition) is 2. The molecule has 1 heterocycles. The van der Waals surface area contributed by atoms with Crippen LogP contribution in [-0.4, -0.2) is 31.3 Å². The highest BCUT2D eigenvalue weighted by molar-refractivity contribution is 6.31. The summed E-state index contributed by atoms with van der Waals surface area (Å²) in [6.07, 6.45) is 3.38. The van der Waals surface area contributed by atoms with Crippen LogP contribution < -0.4 is 10.2 Å². The van der Waals surface area contributed by atoms with E-state index >= 15 is 0 Å². The molecule has 1 aliphatic rings. The molecule has 0 bridgehead atoms. The predicted octanol–water partition coefficient (Wildman–Crippen LogP) is 3.05. The van der Waals surface area contributed by atoms with E-state index in [1.54, 1.807) is 0 Å². The van der Waals surface area contributed by atoms with Crippen LogP contribution in [-0.2, 0) is 6.54 Å². The molecule has 0 spiro atoms. The summed E-state index contributed by atoms with van der Waals surface area (Å²) < 4.78 is 0. The van der Waals surface area contributed by atoms with Crippen molar-refractivity contribution in [2.45, 2.75) is 32.7 Å². The molecular weight excluding hydrogens is 272 g/mol. The van der Waals surface area contributed by atoms with E-state index in [1.165, 1.54) is 11.3 Å². The molecule has 20 heavy (non-hydrogen) atoms. The third-order valence-corrected chi connectivity index (χ3v) is 4.29. The van der Waals surface area contributed by atoms with Crippen molar-refractivity contribution in [1.82, 2.24) is 5.32 Å². The van der Waals surface area contributed by atoms with Crippen molar-refractivity contribution in [3.05, 3.63) is 28.8 Å². The lowest BCUT2D eigenvalue weighted by molar-refractivity contribution is 0.208. The lowest BCUT2D eigenvalue weighted by Gasteiger charge is -2.35. The van der Waals surface area contributed by atoms with Gasteiger partial charge in [-0.25, -0.2) is 0 Å². The van der Waals surface area contributed by atoms with Crippen molar-refractivity contribution in [3.63, 3.8) is 0 Å². The third-order valence-electron chi connectivity index (χ3n) is 3.94. The lowest BCUT2D eigenvalue weighted by Crippen LogP contribution is -2.37. The van der Waals surface area contributed by atoms with Gasteiger partial charge in [0.15, 0.2) is 0 Å². The molecule has 1 aromatic rings. The van der Waals surface area contributed by atoms with Crippen LogP contribution in [0.5, 0.6) is 0 Å². The van der Waals surface area contributed by atoms with Gasteiger partial charge in [0.25, 0.3) is 0 Å². The highest BCUT2D eigenvalue weighted by Gasteiger charge is 2.21. The van der Waals surface area contributed by atoms with Crippen LogP contribution in [0.2, 0.25) is 5.02 Å². The number of anilines is 1. The smallest absolute Gasteiger partial charge is 0.0476 e. The minimum Gasteiger partial charge on any atom is -0.396 e. The van der Waals surface area contributed by atoms with Gasteiger partial charge in [-0.1, -0.05) is 24.6 Å². The van der Waals surface area contributed by atoms with Crippen molar-refractivity contribution in [2.24, 2.45) is 5.92 Å². The second-order valence-electron chi connectivity index (χ2n) is 5.55. The Morgan fingerprint density at radius 2 is 2.30 bits per heavy atom. The molecule has 1 aromatic carbocycles. The number of halogens is 1. The highest BCUT2D eigenvalue weighted by Crippen LogP contribution is 2.30. The van der Waals surface area contributed by atoms with Gasteiger partial charge in [0.2, 0.25) is 0 Å². The summed E-state index contributed by atoms with van der Waals surface area (Å²) >= 11 is 6.38. The zero-order valence-electron chi connectivity index (χ0n) is 12.2. The summed E-state index contributed by atoms with van der Waals surface area (Å²) in [6.45, 7) is 6.24. The van der Waals surface area contributed by atoms with Crippen LogP contribution in [0.15, 0.2) is 18.2 Å². The summed E-state index contributed by atoms with van der Waals surface area (Å²) in [6, 6.07) is 6.12. The van der Waals surface area contributed by atoms with Gasteiger partial charge in [0.1, 0.15) is 0 Å². The van der Waals surface area contributed by atoms with E-state index in [2.05, 4.69) is 23.2 Å². The molecule has 112 valence electrons. The molecule has 1 aliphatic heterocycles. The predicted molar refractivity (Wildman–Crippen MR) is 85.5 cm³/mol. The van der Waals surface area contributed by atoms with Gasteiger partial charge in [0, 0.05) is 42.5 Å². The van der Waals surface area contributed by atoms with Gasteiger partial charge in [-0.05, 0) is 43.9 Å². The molecule has 4 heteroatoms. The topological polar surface area (TPSA) is 35.5 Å². The molecule has 1 saturated heterocycles. The zero-order valence-corrected chi connectivity index (χ0v) is 13.0. The summed E-state index contributed by atoms with van der Waals surface area (Å²) in [5.74, 6) is 0.388. The molecule has 0 aliphatic carbocycles. The molecule has 0 aromatic heterocycles. The second-order valence-corrected chi connectivity index (χ2v) is 5.96. The van der Waals surface area contributed by atoms with E-state index in [4.69, 9.17) is 11.6 Å². The number of piperidine rings is 1. The van der Waals surface area contributed by atoms with E-state index in [9.17, 15) is 5.11 Å².